The van der Waals surface area contributed by atoms with Gasteiger partial charge < -0.3 is 10.2 Å². The van der Waals surface area contributed by atoms with Crippen molar-refractivity contribution in [3.63, 3.8) is 0 Å². The molecule has 0 radical (unpaired) electrons. The van der Waals surface area contributed by atoms with E-state index in [0.29, 0.717) is 24.6 Å². The van der Waals surface area contributed by atoms with Gasteiger partial charge in [-0.05, 0) is 19.8 Å². The molecule has 126 valence electrons. The highest BCUT2D eigenvalue weighted by Crippen LogP contribution is 2.25. The first-order valence-corrected chi connectivity index (χ1v) is 8.80. The molecule has 23 heavy (non-hydrogen) atoms. The van der Waals surface area contributed by atoms with Crippen LogP contribution in [-0.2, 0) is 11.3 Å². The average molecular weight is 318 g/mol. The van der Waals surface area contributed by atoms with Crippen LogP contribution in [0.15, 0.2) is 12.4 Å². The van der Waals surface area contributed by atoms with E-state index < -0.39 is 0 Å². The summed E-state index contributed by atoms with van der Waals surface area (Å²) in [6, 6.07) is 0.290. The third-order valence-electron chi connectivity index (χ3n) is 4.98. The summed E-state index contributed by atoms with van der Waals surface area (Å²) in [6.07, 6.45) is 10.9. The molecule has 2 heterocycles. The summed E-state index contributed by atoms with van der Waals surface area (Å²) < 4.78 is 1.73. The second-order valence-corrected chi connectivity index (χ2v) is 6.65. The van der Waals surface area contributed by atoms with Crippen molar-refractivity contribution in [2.75, 3.05) is 6.54 Å². The van der Waals surface area contributed by atoms with Crippen molar-refractivity contribution in [2.24, 2.45) is 0 Å². The van der Waals surface area contributed by atoms with E-state index in [1.54, 1.807) is 17.1 Å². The topological polar surface area (TPSA) is 67.2 Å². The van der Waals surface area contributed by atoms with Gasteiger partial charge in [0.05, 0.1) is 17.8 Å². The molecule has 1 aromatic heterocycles. The molecule has 0 bridgehead atoms. The SMILES string of the molecule is CCn1cc(C(=O)N[C@@H]2CC(=O)N(C3CCCCCC3)C2)cn1. The van der Waals surface area contributed by atoms with Gasteiger partial charge in [-0.15, -0.1) is 0 Å². The van der Waals surface area contributed by atoms with E-state index in [1.165, 1.54) is 25.7 Å². The zero-order valence-electron chi connectivity index (χ0n) is 13.8. The quantitative estimate of drug-likeness (QED) is 0.863. The molecule has 0 spiro atoms. The van der Waals surface area contributed by atoms with Gasteiger partial charge in [0.15, 0.2) is 0 Å². The van der Waals surface area contributed by atoms with E-state index in [1.807, 2.05) is 11.8 Å². The lowest BCUT2D eigenvalue weighted by Crippen LogP contribution is -2.40. The van der Waals surface area contributed by atoms with Gasteiger partial charge in [-0.1, -0.05) is 25.7 Å². The highest BCUT2D eigenvalue weighted by Gasteiger charge is 2.35. The Labute approximate surface area is 137 Å². The smallest absolute Gasteiger partial charge is 0.254 e. The molecule has 1 atom stereocenters. The lowest BCUT2D eigenvalue weighted by molar-refractivity contribution is -0.129. The van der Waals surface area contributed by atoms with Gasteiger partial charge in [-0.2, -0.15) is 5.10 Å². The van der Waals surface area contributed by atoms with Crippen LogP contribution in [0.4, 0.5) is 0 Å². The van der Waals surface area contributed by atoms with Crippen molar-refractivity contribution in [1.82, 2.24) is 20.0 Å². The Bertz CT molecular complexity index is 561. The zero-order chi connectivity index (χ0) is 16.2. The molecule has 1 N–H and O–H groups in total. The van der Waals surface area contributed by atoms with Gasteiger partial charge in [0.1, 0.15) is 0 Å². The summed E-state index contributed by atoms with van der Waals surface area (Å²) in [5.74, 6) is 0.0525. The monoisotopic (exact) mass is 318 g/mol. The number of nitrogens with one attached hydrogen (secondary N) is 1. The fraction of sp³-hybridized carbons (Fsp3) is 0.706. The highest BCUT2D eigenvalue weighted by atomic mass is 16.2. The number of likely N-dealkylation sites (tertiary alicyclic amines) is 1. The minimum Gasteiger partial charge on any atom is -0.347 e. The van der Waals surface area contributed by atoms with E-state index in [-0.39, 0.29) is 17.9 Å². The van der Waals surface area contributed by atoms with Crippen molar-refractivity contribution in [2.45, 2.75) is 70.5 Å². The largest absolute Gasteiger partial charge is 0.347 e. The van der Waals surface area contributed by atoms with Crippen LogP contribution in [-0.4, -0.2) is 45.1 Å². The third-order valence-corrected chi connectivity index (χ3v) is 4.98. The Morgan fingerprint density at radius 3 is 2.70 bits per heavy atom. The molecule has 1 aromatic rings. The minimum atomic E-state index is -0.134. The molecule has 1 saturated carbocycles. The molecule has 0 unspecified atom stereocenters. The van der Waals surface area contributed by atoms with Gasteiger partial charge in [0.25, 0.3) is 5.91 Å². The fourth-order valence-corrected chi connectivity index (χ4v) is 3.67. The van der Waals surface area contributed by atoms with Crippen LogP contribution in [0.5, 0.6) is 0 Å². The summed E-state index contributed by atoms with van der Waals surface area (Å²) in [5, 5.41) is 7.12. The molecule has 2 amide bonds. The third kappa shape index (κ3) is 3.74. The van der Waals surface area contributed by atoms with E-state index in [0.717, 1.165) is 19.4 Å². The number of carbonyl (C=O) groups excluding carboxylic acids is 2. The van der Waals surface area contributed by atoms with E-state index in [2.05, 4.69) is 10.4 Å². The highest BCUT2D eigenvalue weighted by molar-refractivity contribution is 5.94. The van der Waals surface area contributed by atoms with Crippen molar-refractivity contribution < 1.29 is 9.59 Å². The van der Waals surface area contributed by atoms with Crippen LogP contribution < -0.4 is 5.32 Å². The second-order valence-electron chi connectivity index (χ2n) is 6.65. The van der Waals surface area contributed by atoms with Crippen LogP contribution in [0.2, 0.25) is 0 Å². The number of aryl methyl sites for hydroxylation is 1. The van der Waals surface area contributed by atoms with Gasteiger partial charge in [-0.3, -0.25) is 14.3 Å². The number of amides is 2. The van der Waals surface area contributed by atoms with Crippen LogP contribution in [0.3, 0.4) is 0 Å². The van der Waals surface area contributed by atoms with Crippen molar-refractivity contribution in [3.8, 4) is 0 Å². The molecule has 0 aromatic carbocycles. The molecule has 2 aliphatic rings. The number of rotatable bonds is 4. The fourth-order valence-electron chi connectivity index (χ4n) is 3.67. The summed E-state index contributed by atoms with van der Waals surface area (Å²) in [5.41, 5.74) is 0.562. The van der Waals surface area contributed by atoms with Crippen LogP contribution in [0.1, 0.15) is 62.2 Å². The van der Waals surface area contributed by atoms with Crippen LogP contribution >= 0.6 is 0 Å². The Balaban J connectivity index is 1.57. The Hall–Kier alpha value is -1.85. The molecular formula is C17H26N4O2. The van der Waals surface area contributed by atoms with E-state index in [9.17, 15) is 9.59 Å². The summed E-state index contributed by atoms with van der Waals surface area (Å²) in [7, 11) is 0. The predicted octanol–water partition coefficient (Wildman–Crippen LogP) is 1.96. The van der Waals surface area contributed by atoms with Gasteiger partial charge in [0.2, 0.25) is 5.91 Å². The van der Waals surface area contributed by atoms with Crippen molar-refractivity contribution >= 4 is 11.8 Å². The number of hydrogen-bond acceptors (Lipinski definition) is 3. The van der Waals surface area contributed by atoms with Crippen molar-refractivity contribution in [1.29, 1.82) is 0 Å². The maximum absolute atomic E-state index is 12.3. The normalized spacial score (nSPS) is 23.1. The van der Waals surface area contributed by atoms with Gasteiger partial charge in [0, 0.05) is 31.7 Å². The van der Waals surface area contributed by atoms with E-state index in [4.69, 9.17) is 0 Å². The zero-order valence-corrected chi connectivity index (χ0v) is 13.8. The first-order valence-electron chi connectivity index (χ1n) is 8.80. The van der Waals surface area contributed by atoms with Gasteiger partial charge in [-0.25, -0.2) is 0 Å². The molecule has 6 nitrogen and oxygen atoms in total. The first kappa shape index (κ1) is 16.0. The second kappa shape index (κ2) is 7.15. The maximum atomic E-state index is 12.3. The number of carbonyl (C=O) groups is 2. The number of hydrogen-bond donors (Lipinski definition) is 1. The minimum absolute atomic E-state index is 0.0803. The molecule has 3 rings (SSSR count). The molecule has 1 aliphatic carbocycles. The lowest BCUT2D eigenvalue weighted by Gasteiger charge is -2.27. The molecule has 1 aliphatic heterocycles. The molecule has 6 heteroatoms. The standard InChI is InChI=1S/C17H26N4O2/c1-2-20-11-13(10-18-20)17(23)19-14-9-16(22)21(12-14)15-7-5-3-4-6-8-15/h10-11,14-15H,2-9,12H2,1H3,(H,19,23)/t14-/m1/s1. The predicted molar refractivity (Wildman–Crippen MR) is 87.0 cm³/mol. The van der Waals surface area contributed by atoms with Gasteiger partial charge >= 0.3 is 0 Å². The summed E-state index contributed by atoms with van der Waals surface area (Å²) in [6.45, 7) is 3.37. The van der Waals surface area contributed by atoms with E-state index >= 15 is 0 Å². The Kier molecular flexibility index (Phi) is 4.98. The number of aromatic nitrogens is 2. The Morgan fingerprint density at radius 2 is 2.04 bits per heavy atom. The van der Waals surface area contributed by atoms with Crippen LogP contribution in [0, 0.1) is 0 Å². The molecule has 2 fully saturated rings. The Morgan fingerprint density at radius 1 is 1.30 bits per heavy atom. The van der Waals surface area contributed by atoms with Crippen LogP contribution in [0.25, 0.3) is 0 Å². The molecule has 1 saturated heterocycles. The summed E-state index contributed by atoms with van der Waals surface area (Å²) in [4.78, 5) is 26.6. The maximum Gasteiger partial charge on any atom is 0.254 e. The average Bonchev–Trinajstić information content (AvgIpc) is 3.06. The lowest BCUT2D eigenvalue weighted by atomic mass is 10.1. The number of nitrogens with zero attached hydrogens (tertiary/aromatic N) is 3. The summed E-state index contributed by atoms with van der Waals surface area (Å²) >= 11 is 0. The van der Waals surface area contributed by atoms with Crippen molar-refractivity contribution in [3.05, 3.63) is 18.0 Å². The molecular weight excluding hydrogens is 292 g/mol. The first-order chi connectivity index (χ1) is 11.2.